The van der Waals surface area contributed by atoms with E-state index in [4.69, 9.17) is 5.11 Å². The van der Waals surface area contributed by atoms with Gasteiger partial charge in [0.15, 0.2) is 0 Å². The number of halogens is 3. The first-order valence-corrected chi connectivity index (χ1v) is 6.85. The number of hydrogen-bond donors (Lipinski definition) is 2. The van der Waals surface area contributed by atoms with E-state index in [-0.39, 0.29) is 41.3 Å². The van der Waals surface area contributed by atoms with Crippen molar-refractivity contribution in [3.63, 3.8) is 0 Å². The van der Waals surface area contributed by atoms with Crippen molar-refractivity contribution in [2.45, 2.75) is 30.2 Å². The molecule has 0 fully saturated rings. The van der Waals surface area contributed by atoms with Gasteiger partial charge in [-0.3, -0.25) is 9.59 Å². The lowest BCUT2D eigenvalue weighted by Gasteiger charge is -2.10. The number of carboxylic acids is 1. The lowest BCUT2D eigenvalue weighted by Crippen LogP contribution is -2.16. The average Bonchev–Trinajstić information content (AvgIpc) is 2.28. The van der Waals surface area contributed by atoms with E-state index in [1.165, 1.54) is 24.3 Å². The molecular formula is C13H14F3NO3S. The van der Waals surface area contributed by atoms with Gasteiger partial charge in [0, 0.05) is 23.4 Å². The number of carbonyl (C=O) groups is 2. The predicted molar refractivity (Wildman–Crippen MR) is 73.0 cm³/mol. The second-order valence-corrected chi connectivity index (χ2v) is 5.67. The minimum Gasteiger partial charge on any atom is -0.481 e. The molecule has 4 nitrogen and oxygen atoms in total. The van der Waals surface area contributed by atoms with Crippen molar-refractivity contribution in [1.82, 2.24) is 0 Å². The van der Waals surface area contributed by atoms with Gasteiger partial charge < -0.3 is 10.4 Å². The van der Waals surface area contributed by atoms with Crippen LogP contribution in [-0.2, 0) is 9.59 Å². The van der Waals surface area contributed by atoms with Gasteiger partial charge in [-0.2, -0.15) is 13.2 Å². The highest BCUT2D eigenvalue weighted by atomic mass is 32.2. The molecule has 1 aromatic rings. The van der Waals surface area contributed by atoms with Crippen molar-refractivity contribution in [3.8, 4) is 0 Å². The number of alkyl halides is 3. The molecule has 1 rings (SSSR count). The molecule has 116 valence electrons. The van der Waals surface area contributed by atoms with Crippen LogP contribution in [0.2, 0.25) is 0 Å². The van der Waals surface area contributed by atoms with Gasteiger partial charge in [0.25, 0.3) is 0 Å². The maximum absolute atomic E-state index is 12.1. The van der Waals surface area contributed by atoms with Crippen LogP contribution in [0.5, 0.6) is 0 Å². The molecule has 0 aliphatic heterocycles. The lowest BCUT2D eigenvalue weighted by atomic mass is 10.0. The van der Waals surface area contributed by atoms with Crippen LogP contribution < -0.4 is 5.32 Å². The Balaban J connectivity index is 2.52. The summed E-state index contributed by atoms with van der Waals surface area (Å²) in [5.41, 5.74) is -3.98. The quantitative estimate of drug-likeness (QED) is 0.783. The number of benzene rings is 1. The monoisotopic (exact) mass is 321 g/mol. The first-order chi connectivity index (χ1) is 9.65. The van der Waals surface area contributed by atoms with Crippen LogP contribution in [0, 0.1) is 5.92 Å². The van der Waals surface area contributed by atoms with Gasteiger partial charge in [0.2, 0.25) is 5.91 Å². The van der Waals surface area contributed by atoms with E-state index in [1.807, 2.05) is 0 Å². The first kappa shape index (κ1) is 17.4. The Bertz CT molecular complexity index is 502. The topological polar surface area (TPSA) is 66.4 Å². The standard InChI is InChI=1S/C13H14F3NO3S/c1-8(7-12(19)20)6-11(18)17-9-2-4-10(5-3-9)21-13(14,15)16/h2-5,8H,6-7H2,1H3,(H,17,18)(H,19,20). The molecule has 0 heterocycles. The summed E-state index contributed by atoms with van der Waals surface area (Å²) in [6.07, 6.45) is -0.0834. The number of nitrogens with one attached hydrogen (secondary N) is 1. The number of carboxylic acid groups (broad SMARTS) is 1. The Kier molecular flexibility index (Phi) is 6.07. The summed E-state index contributed by atoms with van der Waals surface area (Å²) in [6, 6.07) is 5.25. The van der Waals surface area contributed by atoms with E-state index in [0.717, 1.165) is 0 Å². The lowest BCUT2D eigenvalue weighted by molar-refractivity contribution is -0.138. The third-order valence-corrected chi connectivity index (χ3v) is 3.17. The van der Waals surface area contributed by atoms with Crippen LogP contribution in [0.3, 0.4) is 0 Å². The zero-order valence-corrected chi connectivity index (χ0v) is 11.9. The van der Waals surface area contributed by atoms with E-state index in [2.05, 4.69) is 5.32 Å². The normalized spacial score (nSPS) is 12.8. The summed E-state index contributed by atoms with van der Waals surface area (Å²) >= 11 is -0.232. The van der Waals surface area contributed by atoms with Gasteiger partial charge in [0.1, 0.15) is 0 Å². The number of hydrogen-bond acceptors (Lipinski definition) is 3. The highest BCUT2D eigenvalue weighted by molar-refractivity contribution is 8.00. The minimum atomic E-state index is -4.35. The smallest absolute Gasteiger partial charge is 0.446 e. The summed E-state index contributed by atoms with van der Waals surface area (Å²) in [7, 11) is 0. The summed E-state index contributed by atoms with van der Waals surface area (Å²) < 4.78 is 36.4. The third-order valence-electron chi connectivity index (χ3n) is 2.43. The molecule has 0 saturated carbocycles. The molecule has 0 spiro atoms. The van der Waals surface area contributed by atoms with Gasteiger partial charge in [-0.1, -0.05) is 6.92 Å². The molecule has 1 atom stereocenters. The van der Waals surface area contributed by atoms with E-state index >= 15 is 0 Å². The zero-order valence-electron chi connectivity index (χ0n) is 11.1. The van der Waals surface area contributed by atoms with Crippen LogP contribution in [0.4, 0.5) is 18.9 Å². The fourth-order valence-corrected chi connectivity index (χ4v) is 2.18. The van der Waals surface area contributed by atoms with E-state index in [1.54, 1.807) is 6.92 Å². The first-order valence-electron chi connectivity index (χ1n) is 6.03. The molecule has 1 unspecified atom stereocenters. The number of thioether (sulfide) groups is 1. The van der Waals surface area contributed by atoms with E-state index in [9.17, 15) is 22.8 Å². The van der Waals surface area contributed by atoms with Crippen molar-refractivity contribution >= 4 is 29.3 Å². The molecule has 0 aliphatic carbocycles. The van der Waals surface area contributed by atoms with Gasteiger partial charge in [0.05, 0.1) is 0 Å². The summed E-state index contributed by atoms with van der Waals surface area (Å²) in [5, 5.41) is 11.1. The summed E-state index contributed by atoms with van der Waals surface area (Å²) in [5.74, 6) is -1.67. The zero-order chi connectivity index (χ0) is 16.0. The second kappa shape index (κ2) is 7.35. The summed E-state index contributed by atoms with van der Waals surface area (Å²) in [4.78, 5) is 22.1. The van der Waals surface area contributed by atoms with Crippen LogP contribution in [0.1, 0.15) is 19.8 Å². The van der Waals surface area contributed by atoms with Gasteiger partial charge >= 0.3 is 11.5 Å². The average molecular weight is 321 g/mol. The number of amides is 1. The maximum Gasteiger partial charge on any atom is 0.446 e. The van der Waals surface area contributed by atoms with Crippen LogP contribution in [0.15, 0.2) is 29.2 Å². The predicted octanol–water partition coefficient (Wildman–Crippen LogP) is 3.74. The molecule has 1 aromatic carbocycles. The number of rotatable bonds is 6. The molecule has 1 amide bonds. The maximum atomic E-state index is 12.1. The third kappa shape index (κ3) is 7.60. The van der Waals surface area contributed by atoms with Gasteiger partial charge in [-0.05, 0) is 41.9 Å². The summed E-state index contributed by atoms with van der Waals surface area (Å²) in [6.45, 7) is 1.64. The molecule has 0 radical (unpaired) electrons. The molecule has 21 heavy (non-hydrogen) atoms. The molecule has 0 aliphatic rings. The number of anilines is 1. The SMILES string of the molecule is CC(CC(=O)O)CC(=O)Nc1ccc(SC(F)(F)F)cc1. The molecule has 0 saturated heterocycles. The second-order valence-electron chi connectivity index (χ2n) is 4.53. The van der Waals surface area contributed by atoms with Crippen LogP contribution in [-0.4, -0.2) is 22.5 Å². The van der Waals surface area contributed by atoms with Gasteiger partial charge in [-0.25, -0.2) is 0 Å². The van der Waals surface area contributed by atoms with E-state index in [0.29, 0.717) is 5.69 Å². The highest BCUT2D eigenvalue weighted by Gasteiger charge is 2.29. The molecule has 0 aromatic heterocycles. The molecular weight excluding hydrogens is 307 g/mol. The van der Waals surface area contributed by atoms with Crippen molar-refractivity contribution in [2.75, 3.05) is 5.32 Å². The molecule has 2 N–H and O–H groups in total. The van der Waals surface area contributed by atoms with Crippen LogP contribution >= 0.6 is 11.8 Å². The van der Waals surface area contributed by atoms with E-state index < -0.39 is 11.5 Å². The Hall–Kier alpha value is -1.70. The Morgan fingerprint density at radius 1 is 1.24 bits per heavy atom. The Morgan fingerprint density at radius 3 is 2.29 bits per heavy atom. The largest absolute Gasteiger partial charge is 0.481 e. The Morgan fingerprint density at radius 2 is 1.81 bits per heavy atom. The van der Waals surface area contributed by atoms with Gasteiger partial charge in [-0.15, -0.1) is 0 Å². The van der Waals surface area contributed by atoms with Crippen molar-refractivity contribution in [2.24, 2.45) is 5.92 Å². The fraction of sp³-hybridized carbons (Fsp3) is 0.385. The highest BCUT2D eigenvalue weighted by Crippen LogP contribution is 2.37. The van der Waals surface area contributed by atoms with Crippen molar-refractivity contribution < 1.29 is 27.9 Å². The van der Waals surface area contributed by atoms with Crippen LogP contribution in [0.25, 0.3) is 0 Å². The minimum absolute atomic E-state index is 0.0275. The molecule has 8 heteroatoms. The van der Waals surface area contributed by atoms with Crippen molar-refractivity contribution in [3.05, 3.63) is 24.3 Å². The Labute approximate surface area is 123 Å². The van der Waals surface area contributed by atoms with Crippen molar-refractivity contribution in [1.29, 1.82) is 0 Å². The number of carbonyl (C=O) groups excluding carboxylic acids is 1. The molecule has 0 bridgehead atoms. The fourth-order valence-electron chi connectivity index (χ4n) is 1.64. The number of aliphatic carboxylic acids is 1.